The van der Waals surface area contributed by atoms with Crippen molar-refractivity contribution >= 4 is 11.6 Å². The number of nitrogens with one attached hydrogen (secondary N) is 1. The fourth-order valence-electron chi connectivity index (χ4n) is 2.91. The minimum Gasteiger partial charge on any atom is -0.493 e. The van der Waals surface area contributed by atoms with Gasteiger partial charge in [0.1, 0.15) is 5.75 Å². The third-order valence-corrected chi connectivity index (χ3v) is 4.36. The second-order valence-corrected chi connectivity index (χ2v) is 6.32. The minimum atomic E-state index is 0.777. The first-order valence-electron chi connectivity index (χ1n) is 7.98. The van der Waals surface area contributed by atoms with E-state index in [2.05, 4.69) is 0 Å². The summed E-state index contributed by atoms with van der Waals surface area (Å²) in [6.45, 7) is 6.91. The number of halogens is 1. The van der Waals surface area contributed by atoms with Crippen LogP contribution in [-0.4, -0.2) is 26.2 Å². The van der Waals surface area contributed by atoms with E-state index in [1.807, 2.05) is 25.1 Å². The first-order valence-corrected chi connectivity index (χ1v) is 8.36. The van der Waals surface area contributed by atoms with Gasteiger partial charge in [0.15, 0.2) is 0 Å². The van der Waals surface area contributed by atoms with E-state index in [9.17, 15) is 0 Å². The van der Waals surface area contributed by atoms with Crippen LogP contribution in [0, 0.1) is 6.92 Å². The number of hydrogen-bond acceptors (Lipinski definition) is 1. The van der Waals surface area contributed by atoms with E-state index in [0.717, 1.165) is 29.4 Å². The van der Waals surface area contributed by atoms with E-state index in [4.69, 9.17) is 16.3 Å². The molecule has 0 unspecified atom stereocenters. The molecule has 1 aromatic carbocycles. The summed E-state index contributed by atoms with van der Waals surface area (Å²) in [7, 11) is 0. The van der Waals surface area contributed by atoms with Crippen molar-refractivity contribution in [2.45, 2.75) is 45.4 Å². The number of benzene rings is 1. The molecular weight excluding hydrogens is 270 g/mol. The van der Waals surface area contributed by atoms with Gasteiger partial charge in [0.2, 0.25) is 0 Å². The Balaban J connectivity index is 1.61. The van der Waals surface area contributed by atoms with Crippen LogP contribution >= 0.6 is 11.6 Å². The largest absolute Gasteiger partial charge is 0.493 e. The summed E-state index contributed by atoms with van der Waals surface area (Å²) in [5, 5.41) is 0.777. The molecule has 0 saturated carbocycles. The van der Waals surface area contributed by atoms with Gasteiger partial charge in [-0.2, -0.15) is 0 Å². The average molecular weight is 297 g/mol. The summed E-state index contributed by atoms with van der Waals surface area (Å²) in [5.74, 6) is 0.969. The molecule has 1 saturated heterocycles. The van der Waals surface area contributed by atoms with Crippen molar-refractivity contribution in [2.75, 3.05) is 26.2 Å². The molecule has 0 aliphatic carbocycles. The summed E-state index contributed by atoms with van der Waals surface area (Å²) in [6, 6.07) is 5.82. The van der Waals surface area contributed by atoms with E-state index in [1.165, 1.54) is 51.7 Å². The maximum Gasteiger partial charge on any atom is 0.122 e. The first-order chi connectivity index (χ1) is 9.75. The van der Waals surface area contributed by atoms with Crippen molar-refractivity contribution in [3.8, 4) is 5.75 Å². The summed E-state index contributed by atoms with van der Waals surface area (Å²) < 4.78 is 5.84. The fourth-order valence-corrected chi connectivity index (χ4v) is 3.14. The van der Waals surface area contributed by atoms with Crippen LogP contribution in [0.4, 0.5) is 0 Å². The van der Waals surface area contributed by atoms with Gasteiger partial charge < -0.3 is 9.64 Å². The normalized spacial score (nSPS) is 16.9. The van der Waals surface area contributed by atoms with Gasteiger partial charge in [-0.3, -0.25) is 0 Å². The lowest BCUT2D eigenvalue weighted by Gasteiger charge is -2.17. The van der Waals surface area contributed by atoms with E-state index in [0.29, 0.717) is 0 Å². The second-order valence-electron chi connectivity index (χ2n) is 5.88. The van der Waals surface area contributed by atoms with Crippen molar-refractivity contribution in [3.05, 3.63) is 28.8 Å². The van der Waals surface area contributed by atoms with E-state index >= 15 is 0 Å². The average Bonchev–Trinajstić information content (AvgIpc) is 2.69. The van der Waals surface area contributed by atoms with Crippen LogP contribution < -0.4 is 9.64 Å². The minimum absolute atomic E-state index is 0.777. The highest BCUT2D eigenvalue weighted by atomic mass is 35.5. The van der Waals surface area contributed by atoms with Crippen LogP contribution in [0.15, 0.2) is 18.2 Å². The van der Waals surface area contributed by atoms with Crippen molar-refractivity contribution in [1.29, 1.82) is 0 Å². The maximum absolute atomic E-state index is 5.94. The molecule has 1 aliphatic rings. The maximum atomic E-state index is 5.94. The topological polar surface area (TPSA) is 13.7 Å². The molecule has 0 spiro atoms. The molecule has 2 rings (SSSR count). The van der Waals surface area contributed by atoms with Crippen molar-refractivity contribution < 1.29 is 9.64 Å². The molecule has 0 atom stereocenters. The molecule has 1 aromatic rings. The van der Waals surface area contributed by atoms with E-state index in [-0.39, 0.29) is 0 Å². The number of rotatable bonds is 6. The fraction of sp³-hybridized carbons (Fsp3) is 0.647. The number of quaternary nitrogens is 1. The Morgan fingerprint density at radius 2 is 1.85 bits per heavy atom. The molecule has 0 aromatic heterocycles. The highest BCUT2D eigenvalue weighted by Crippen LogP contribution is 2.21. The molecule has 112 valence electrons. The Bertz CT molecular complexity index is 400. The van der Waals surface area contributed by atoms with Gasteiger partial charge in [0.25, 0.3) is 0 Å². The van der Waals surface area contributed by atoms with Crippen molar-refractivity contribution in [3.63, 3.8) is 0 Å². The Kier molecular flexibility index (Phi) is 6.68. The smallest absolute Gasteiger partial charge is 0.122 e. The molecule has 1 aliphatic heterocycles. The molecule has 20 heavy (non-hydrogen) atoms. The zero-order valence-corrected chi connectivity index (χ0v) is 13.3. The molecule has 0 amide bonds. The van der Waals surface area contributed by atoms with Crippen LogP contribution in [0.1, 0.15) is 44.1 Å². The van der Waals surface area contributed by atoms with Crippen LogP contribution in [0.25, 0.3) is 0 Å². The first kappa shape index (κ1) is 15.7. The molecule has 1 heterocycles. The van der Waals surface area contributed by atoms with Gasteiger partial charge >= 0.3 is 0 Å². The summed E-state index contributed by atoms with van der Waals surface area (Å²) >= 11 is 5.94. The van der Waals surface area contributed by atoms with Crippen LogP contribution in [0.5, 0.6) is 5.75 Å². The number of likely N-dealkylation sites (tertiary alicyclic amines) is 1. The zero-order valence-electron chi connectivity index (χ0n) is 12.6. The van der Waals surface area contributed by atoms with Crippen LogP contribution in [0.2, 0.25) is 5.02 Å². The standard InChI is InChI=1S/C17H26ClNO/c1-15-14-16(18)8-9-17(15)20-13-7-6-12-19-10-4-2-3-5-11-19/h8-9,14H,2-7,10-13H2,1H3/p+1. The predicted octanol–water partition coefficient (Wildman–Crippen LogP) is 3.27. The monoisotopic (exact) mass is 296 g/mol. The lowest BCUT2D eigenvalue weighted by Crippen LogP contribution is -3.11. The SMILES string of the molecule is Cc1cc(Cl)ccc1OCCCC[NH+]1CCCCCC1. The quantitative estimate of drug-likeness (QED) is 0.796. The molecule has 3 heteroatoms. The molecule has 1 N–H and O–H groups in total. The summed E-state index contributed by atoms with van der Waals surface area (Å²) in [5.41, 5.74) is 1.12. The third kappa shape index (κ3) is 5.34. The van der Waals surface area contributed by atoms with Gasteiger partial charge in [-0.05, 0) is 69.2 Å². The predicted molar refractivity (Wildman–Crippen MR) is 84.9 cm³/mol. The van der Waals surface area contributed by atoms with E-state index < -0.39 is 0 Å². The summed E-state index contributed by atoms with van der Waals surface area (Å²) in [4.78, 5) is 1.80. The van der Waals surface area contributed by atoms with Gasteiger partial charge in [-0.25, -0.2) is 0 Å². The van der Waals surface area contributed by atoms with Gasteiger partial charge in [0, 0.05) is 5.02 Å². The van der Waals surface area contributed by atoms with E-state index in [1.54, 1.807) is 4.90 Å². The molecule has 0 radical (unpaired) electrons. The van der Waals surface area contributed by atoms with Crippen LogP contribution in [-0.2, 0) is 0 Å². The van der Waals surface area contributed by atoms with Gasteiger partial charge in [-0.15, -0.1) is 0 Å². The number of ether oxygens (including phenoxy) is 1. The molecule has 2 nitrogen and oxygen atoms in total. The Hall–Kier alpha value is -0.730. The van der Waals surface area contributed by atoms with Crippen LogP contribution in [0.3, 0.4) is 0 Å². The lowest BCUT2D eigenvalue weighted by molar-refractivity contribution is -0.899. The van der Waals surface area contributed by atoms with Gasteiger partial charge in [0.05, 0.1) is 26.2 Å². The Labute approximate surface area is 128 Å². The van der Waals surface area contributed by atoms with Crippen molar-refractivity contribution in [2.24, 2.45) is 0 Å². The van der Waals surface area contributed by atoms with Gasteiger partial charge in [-0.1, -0.05) is 11.6 Å². The highest BCUT2D eigenvalue weighted by Gasteiger charge is 2.11. The zero-order chi connectivity index (χ0) is 14.2. The number of hydrogen-bond donors (Lipinski definition) is 1. The molecule has 1 fully saturated rings. The molecular formula is C17H27ClNO+. The molecule has 0 bridgehead atoms. The number of unbranched alkanes of at least 4 members (excludes halogenated alkanes) is 1. The Morgan fingerprint density at radius 1 is 1.10 bits per heavy atom. The van der Waals surface area contributed by atoms with Crippen molar-refractivity contribution in [1.82, 2.24) is 0 Å². The summed E-state index contributed by atoms with van der Waals surface area (Å²) in [6.07, 6.45) is 8.10. The lowest BCUT2D eigenvalue weighted by atomic mass is 10.2. The third-order valence-electron chi connectivity index (χ3n) is 4.13. The highest BCUT2D eigenvalue weighted by molar-refractivity contribution is 6.30. The second kappa shape index (κ2) is 8.53. The Morgan fingerprint density at radius 3 is 2.55 bits per heavy atom. The number of aryl methyl sites for hydroxylation is 1.